The summed E-state index contributed by atoms with van der Waals surface area (Å²) in [5, 5.41) is 2.70. The summed E-state index contributed by atoms with van der Waals surface area (Å²) in [6.07, 6.45) is 34.1. The van der Waals surface area contributed by atoms with Crippen LogP contribution in [0.3, 0.4) is 0 Å². The van der Waals surface area contributed by atoms with Crippen molar-refractivity contribution in [1.29, 1.82) is 0 Å². The number of unbranched alkanes of at least 4 members (excludes halogenated alkanes) is 7. The summed E-state index contributed by atoms with van der Waals surface area (Å²) < 4.78 is 0. The third-order valence-corrected chi connectivity index (χ3v) is 3.71. The van der Waals surface area contributed by atoms with Gasteiger partial charge in [0.1, 0.15) is 0 Å². The fraction of sp³-hybridized carbons (Fsp3) is 0.458. The molecule has 0 aromatic heterocycles. The average Bonchev–Trinajstić information content (AvgIpc) is 2.64. The van der Waals surface area contributed by atoms with E-state index in [-0.39, 0.29) is 5.91 Å². The largest absolute Gasteiger partial charge is 0.353 e. The second-order valence-electron chi connectivity index (χ2n) is 6.13. The van der Waals surface area contributed by atoms with E-state index in [0.717, 1.165) is 0 Å². The smallest absolute Gasteiger partial charge is 0.243 e. The maximum atomic E-state index is 11.2. The normalized spacial score (nSPS) is 12.8. The zero-order chi connectivity index (χ0) is 19.1. The van der Waals surface area contributed by atoms with Crippen LogP contribution in [0.4, 0.5) is 0 Å². The highest BCUT2D eigenvalue weighted by Gasteiger charge is 1.89. The molecule has 0 unspecified atom stereocenters. The summed E-state index contributed by atoms with van der Waals surface area (Å²) in [5.74, 6) is -0.0637. The maximum absolute atomic E-state index is 11.2. The Kier molecular flexibility index (Phi) is 19.3. The molecule has 0 aliphatic heterocycles. The Morgan fingerprint density at radius 3 is 1.73 bits per heavy atom. The molecule has 0 rings (SSSR count). The van der Waals surface area contributed by atoms with Crippen molar-refractivity contribution in [2.45, 2.75) is 65.2 Å². The highest BCUT2D eigenvalue weighted by atomic mass is 16.1. The first-order valence-corrected chi connectivity index (χ1v) is 10.1. The van der Waals surface area contributed by atoms with Crippen molar-refractivity contribution in [2.24, 2.45) is 0 Å². The number of amides is 1. The minimum atomic E-state index is -0.0637. The molecule has 2 heteroatoms. The molecular formula is C24H37NO. The van der Waals surface area contributed by atoms with E-state index in [1.165, 1.54) is 57.4 Å². The molecule has 2 nitrogen and oxygen atoms in total. The Balaban J connectivity index is 3.64. The van der Waals surface area contributed by atoms with Gasteiger partial charge in [0.2, 0.25) is 5.91 Å². The molecular weight excluding hydrogens is 318 g/mol. The van der Waals surface area contributed by atoms with Crippen LogP contribution in [0, 0.1) is 0 Å². The molecule has 0 aromatic rings. The van der Waals surface area contributed by atoms with Crippen molar-refractivity contribution >= 4 is 5.91 Å². The van der Waals surface area contributed by atoms with Gasteiger partial charge in [-0.2, -0.15) is 0 Å². The van der Waals surface area contributed by atoms with E-state index in [1.807, 2.05) is 49.5 Å². The van der Waals surface area contributed by atoms with Gasteiger partial charge in [-0.3, -0.25) is 4.79 Å². The van der Waals surface area contributed by atoms with Crippen LogP contribution in [0.5, 0.6) is 0 Å². The predicted molar refractivity (Wildman–Crippen MR) is 116 cm³/mol. The lowest BCUT2D eigenvalue weighted by atomic mass is 10.1. The van der Waals surface area contributed by atoms with E-state index < -0.39 is 0 Å². The third-order valence-electron chi connectivity index (χ3n) is 3.71. The molecule has 0 aliphatic carbocycles. The number of rotatable bonds is 15. The minimum absolute atomic E-state index is 0.0637. The molecule has 0 saturated carbocycles. The van der Waals surface area contributed by atoms with E-state index in [4.69, 9.17) is 0 Å². The van der Waals surface area contributed by atoms with E-state index >= 15 is 0 Å². The Labute approximate surface area is 161 Å². The molecule has 0 heterocycles. The van der Waals surface area contributed by atoms with Crippen LogP contribution in [0.2, 0.25) is 0 Å². The van der Waals surface area contributed by atoms with Gasteiger partial charge >= 0.3 is 0 Å². The SMILES string of the molecule is CCCCCCCCCC=CC=CC=CC=CC=CC=CC(=O)NCC. The van der Waals surface area contributed by atoms with Crippen LogP contribution in [0.15, 0.2) is 72.9 Å². The molecule has 0 spiro atoms. The monoisotopic (exact) mass is 355 g/mol. The van der Waals surface area contributed by atoms with Crippen molar-refractivity contribution in [3.8, 4) is 0 Å². The molecule has 0 radical (unpaired) electrons. The predicted octanol–water partition coefficient (Wildman–Crippen LogP) is 6.60. The quantitative estimate of drug-likeness (QED) is 0.200. The second kappa shape index (κ2) is 21.0. The van der Waals surface area contributed by atoms with Gasteiger partial charge < -0.3 is 5.32 Å². The van der Waals surface area contributed by atoms with Gasteiger partial charge in [0.05, 0.1) is 0 Å². The lowest BCUT2D eigenvalue weighted by Gasteiger charge is -1.98. The molecule has 0 atom stereocenters. The molecule has 0 aliphatic rings. The molecule has 0 fully saturated rings. The first kappa shape index (κ1) is 23.9. The van der Waals surface area contributed by atoms with Crippen molar-refractivity contribution < 1.29 is 4.79 Å². The minimum Gasteiger partial charge on any atom is -0.353 e. The van der Waals surface area contributed by atoms with Crippen molar-refractivity contribution in [3.05, 3.63) is 72.9 Å². The lowest BCUT2D eigenvalue weighted by Crippen LogP contribution is -2.19. The number of carbonyl (C=O) groups is 1. The summed E-state index contributed by atoms with van der Waals surface area (Å²) in [6, 6.07) is 0. The van der Waals surface area contributed by atoms with Gasteiger partial charge in [0, 0.05) is 12.6 Å². The van der Waals surface area contributed by atoms with Crippen molar-refractivity contribution in [1.82, 2.24) is 5.32 Å². The molecule has 144 valence electrons. The van der Waals surface area contributed by atoms with Gasteiger partial charge in [-0.15, -0.1) is 0 Å². The van der Waals surface area contributed by atoms with Crippen LogP contribution in [-0.2, 0) is 4.79 Å². The van der Waals surface area contributed by atoms with Crippen molar-refractivity contribution in [3.63, 3.8) is 0 Å². The number of likely N-dealkylation sites (N-methyl/N-ethyl adjacent to an activating group) is 1. The van der Waals surface area contributed by atoms with E-state index in [1.54, 1.807) is 6.08 Å². The summed E-state index contributed by atoms with van der Waals surface area (Å²) in [7, 11) is 0. The topological polar surface area (TPSA) is 29.1 Å². The van der Waals surface area contributed by atoms with Gasteiger partial charge in [-0.1, -0.05) is 112 Å². The molecule has 0 bridgehead atoms. The summed E-state index contributed by atoms with van der Waals surface area (Å²) >= 11 is 0. The van der Waals surface area contributed by atoms with Crippen LogP contribution in [0.1, 0.15) is 65.2 Å². The van der Waals surface area contributed by atoms with Gasteiger partial charge in [0.25, 0.3) is 0 Å². The van der Waals surface area contributed by atoms with Crippen LogP contribution in [0.25, 0.3) is 0 Å². The van der Waals surface area contributed by atoms with Crippen LogP contribution in [-0.4, -0.2) is 12.5 Å². The Morgan fingerprint density at radius 1 is 0.654 bits per heavy atom. The van der Waals surface area contributed by atoms with Gasteiger partial charge in [0.15, 0.2) is 0 Å². The Morgan fingerprint density at radius 2 is 1.15 bits per heavy atom. The number of allylic oxidation sites excluding steroid dienone is 11. The molecule has 1 amide bonds. The standard InChI is InChI=1S/C24H37NO/c1-3-5-6-7-8-9-10-11-12-13-14-15-16-17-18-19-20-21-22-23-24(26)25-4-2/h12-23H,3-11H2,1-2H3,(H,25,26). The Bertz CT molecular complexity index is 492. The van der Waals surface area contributed by atoms with Crippen molar-refractivity contribution in [2.75, 3.05) is 6.54 Å². The number of nitrogens with one attached hydrogen (secondary N) is 1. The van der Waals surface area contributed by atoms with E-state index in [2.05, 4.69) is 30.5 Å². The molecule has 0 aromatic carbocycles. The number of hydrogen-bond donors (Lipinski definition) is 1. The number of carbonyl (C=O) groups excluding carboxylic acids is 1. The number of hydrogen-bond acceptors (Lipinski definition) is 1. The van der Waals surface area contributed by atoms with Crippen LogP contribution >= 0.6 is 0 Å². The first-order chi connectivity index (χ1) is 12.8. The van der Waals surface area contributed by atoms with Gasteiger partial charge in [-0.05, 0) is 19.8 Å². The zero-order valence-corrected chi connectivity index (χ0v) is 16.7. The third kappa shape index (κ3) is 20.0. The first-order valence-electron chi connectivity index (χ1n) is 10.1. The lowest BCUT2D eigenvalue weighted by molar-refractivity contribution is -0.116. The maximum Gasteiger partial charge on any atom is 0.243 e. The summed E-state index contributed by atoms with van der Waals surface area (Å²) in [5.41, 5.74) is 0. The fourth-order valence-electron chi connectivity index (χ4n) is 2.28. The highest BCUT2D eigenvalue weighted by molar-refractivity contribution is 5.87. The summed E-state index contributed by atoms with van der Waals surface area (Å²) in [4.78, 5) is 11.2. The summed E-state index contributed by atoms with van der Waals surface area (Å²) in [6.45, 7) is 4.81. The van der Waals surface area contributed by atoms with E-state index in [9.17, 15) is 4.79 Å². The molecule has 0 saturated heterocycles. The Hall–Kier alpha value is -2.09. The molecule has 26 heavy (non-hydrogen) atoms. The molecule has 1 N–H and O–H groups in total. The van der Waals surface area contributed by atoms with Gasteiger partial charge in [-0.25, -0.2) is 0 Å². The highest BCUT2D eigenvalue weighted by Crippen LogP contribution is 2.08. The fourth-order valence-corrected chi connectivity index (χ4v) is 2.28. The zero-order valence-electron chi connectivity index (χ0n) is 16.7. The van der Waals surface area contributed by atoms with Crippen LogP contribution < -0.4 is 5.32 Å². The van der Waals surface area contributed by atoms with E-state index in [0.29, 0.717) is 6.54 Å². The second-order valence-corrected chi connectivity index (χ2v) is 6.13. The average molecular weight is 356 g/mol.